The van der Waals surface area contributed by atoms with Gasteiger partial charge in [0.15, 0.2) is 11.8 Å². The second kappa shape index (κ2) is 7.66. The average molecular weight is 371 g/mol. The van der Waals surface area contributed by atoms with Gasteiger partial charge in [-0.1, -0.05) is 12.8 Å². The fraction of sp³-hybridized carbons (Fsp3) is 0.722. The van der Waals surface area contributed by atoms with Crippen LogP contribution in [0.25, 0.3) is 0 Å². The third kappa shape index (κ3) is 3.96. The maximum absolute atomic E-state index is 4.82. The Morgan fingerprint density at radius 2 is 1.93 bits per heavy atom. The molecule has 0 amide bonds. The highest BCUT2D eigenvalue weighted by Crippen LogP contribution is 2.23. The Morgan fingerprint density at radius 3 is 2.67 bits per heavy atom. The molecule has 4 rings (SSSR count). The summed E-state index contributed by atoms with van der Waals surface area (Å²) in [5, 5.41) is 20.1. The quantitative estimate of drug-likeness (QED) is 0.625. The molecule has 2 N–H and O–H groups in total. The molecule has 2 aromatic heterocycles. The van der Waals surface area contributed by atoms with Crippen molar-refractivity contribution < 1.29 is 0 Å². The van der Waals surface area contributed by atoms with Gasteiger partial charge in [0.05, 0.1) is 6.04 Å². The van der Waals surface area contributed by atoms with Crippen LogP contribution in [0.15, 0.2) is 4.99 Å². The van der Waals surface area contributed by atoms with Crippen LogP contribution in [0.3, 0.4) is 0 Å². The highest BCUT2D eigenvalue weighted by molar-refractivity contribution is 5.80. The van der Waals surface area contributed by atoms with Crippen LogP contribution in [0, 0.1) is 13.8 Å². The molecule has 1 aliphatic heterocycles. The summed E-state index contributed by atoms with van der Waals surface area (Å²) >= 11 is 0. The molecule has 0 aromatic carbocycles. The zero-order valence-electron chi connectivity index (χ0n) is 16.4. The van der Waals surface area contributed by atoms with Crippen molar-refractivity contribution >= 4 is 5.96 Å². The molecule has 0 bridgehead atoms. The number of nitrogens with one attached hydrogen (secondary N) is 2. The predicted molar refractivity (Wildman–Crippen MR) is 102 cm³/mol. The second-order valence-corrected chi connectivity index (χ2v) is 7.59. The molecule has 9 heteroatoms. The van der Waals surface area contributed by atoms with Crippen molar-refractivity contribution in [1.29, 1.82) is 0 Å². The first-order valence-electron chi connectivity index (χ1n) is 9.94. The third-order valence-electron chi connectivity index (χ3n) is 5.55. The first kappa shape index (κ1) is 17.9. The number of guanidine groups is 1. The number of fused-ring (bicyclic) bond motifs is 1. The summed E-state index contributed by atoms with van der Waals surface area (Å²) in [6, 6.07) is 0.620. The predicted octanol–water partition coefficient (Wildman–Crippen LogP) is 1.54. The minimum absolute atomic E-state index is 0.133. The summed E-state index contributed by atoms with van der Waals surface area (Å²) < 4.78 is 4.01. The van der Waals surface area contributed by atoms with Crippen molar-refractivity contribution in [2.45, 2.75) is 77.5 Å². The normalized spacial score (nSPS) is 20.7. The highest BCUT2D eigenvalue weighted by atomic mass is 15.4. The molecular weight excluding hydrogens is 342 g/mol. The van der Waals surface area contributed by atoms with Gasteiger partial charge in [0.2, 0.25) is 0 Å². The lowest BCUT2D eigenvalue weighted by Gasteiger charge is -2.26. The minimum Gasteiger partial charge on any atom is -0.354 e. The van der Waals surface area contributed by atoms with Gasteiger partial charge in [-0.05, 0) is 39.5 Å². The molecule has 1 unspecified atom stereocenters. The summed E-state index contributed by atoms with van der Waals surface area (Å²) in [6.45, 7) is 5.34. The number of hydrogen-bond donors (Lipinski definition) is 2. The van der Waals surface area contributed by atoms with E-state index in [0.29, 0.717) is 12.6 Å². The first-order valence-corrected chi connectivity index (χ1v) is 9.94. The van der Waals surface area contributed by atoms with Crippen LogP contribution in [0.1, 0.15) is 67.9 Å². The molecule has 1 aliphatic carbocycles. The Labute approximate surface area is 159 Å². The number of aliphatic imine (C=N–C) groups is 1. The van der Waals surface area contributed by atoms with Gasteiger partial charge in [0, 0.05) is 19.6 Å². The number of nitrogens with zero attached hydrogens (tertiary/aromatic N) is 7. The fourth-order valence-corrected chi connectivity index (χ4v) is 3.91. The van der Waals surface area contributed by atoms with E-state index in [4.69, 9.17) is 4.99 Å². The van der Waals surface area contributed by atoms with E-state index in [9.17, 15) is 0 Å². The molecule has 1 atom stereocenters. The number of hydrogen-bond acceptors (Lipinski definition) is 5. The van der Waals surface area contributed by atoms with E-state index in [1.807, 2.05) is 30.1 Å². The highest BCUT2D eigenvalue weighted by Gasteiger charge is 2.25. The van der Waals surface area contributed by atoms with Crippen LogP contribution in [-0.2, 0) is 20.1 Å². The van der Waals surface area contributed by atoms with Gasteiger partial charge in [-0.3, -0.25) is 0 Å². The molecule has 2 aromatic rings. The maximum Gasteiger partial charge on any atom is 0.192 e. The van der Waals surface area contributed by atoms with Gasteiger partial charge in [-0.25, -0.2) is 14.7 Å². The van der Waals surface area contributed by atoms with Crippen molar-refractivity contribution in [1.82, 2.24) is 40.2 Å². The number of rotatable bonds is 4. The zero-order chi connectivity index (χ0) is 18.8. The molecule has 146 valence electrons. The van der Waals surface area contributed by atoms with Crippen LogP contribution in [-0.4, -0.2) is 41.5 Å². The van der Waals surface area contributed by atoms with Gasteiger partial charge in [0.1, 0.15) is 24.0 Å². The second-order valence-electron chi connectivity index (χ2n) is 7.59. The standard InChI is InChI=1S/C18H29N9/c1-12-20-17-15(9-6-10-27(17)25-12)22-18(21-14-7-4-5-8-14)19-11-16-24-23-13(2)26(16)3/h14-15H,4-11H2,1-3H3,(H2,19,21,22). The molecule has 0 spiro atoms. The van der Waals surface area contributed by atoms with Crippen LogP contribution in [0.2, 0.25) is 0 Å². The lowest BCUT2D eigenvalue weighted by Crippen LogP contribution is -2.45. The van der Waals surface area contributed by atoms with Gasteiger partial charge in [-0.15, -0.1) is 10.2 Å². The molecule has 2 aliphatic rings. The summed E-state index contributed by atoms with van der Waals surface area (Å²) in [5.74, 6) is 4.43. The van der Waals surface area contributed by atoms with E-state index in [1.54, 1.807) is 0 Å². The molecule has 27 heavy (non-hydrogen) atoms. The van der Waals surface area contributed by atoms with Crippen LogP contribution < -0.4 is 10.6 Å². The van der Waals surface area contributed by atoms with Gasteiger partial charge in [-0.2, -0.15) is 5.10 Å². The molecule has 3 heterocycles. The third-order valence-corrected chi connectivity index (χ3v) is 5.55. The maximum atomic E-state index is 4.82. The van der Waals surface area contributed by atoms with Crippen molar-refractivity contribution in [2.75, 3.05) is 0 Å². The van der Waals surface area contributed by atoms with Crippen molar-refractivity contribution in [2.24, 2.45) is 12.0 Å². The molecular formula is C18H29N9. The topological polar surface area (TPSA) is 97.8 Å². The van der Waals surface area contributed by atoms with E-state index in [2.05, 4.69) is 30.9 Å². The van der Waals surface area contributed by atoms with Crippen molar-refractivity contribution in [3.8, 4) is 0 Å². The Bertz CT molecular complexity index is 813. The van der Waals surface area contributed by atoms with Crippen LogP contribution in [0.5, 0.6) is 0 Å². The summed E-state index contributed by atoms with van der Waals surface area (Å²) in [4.78, 5) is 9.45. The van der Waals surface area contributed by atoms with E-state index in [0.717, 1.165) is 48.6 Å². The van der Waals surface area contributed by atoms with Gasteiger partial charge < -0.3 is 15.2 Å². The SMILES string of the molecule is Cc1nc2n(n1)CCCC2NC(=NCc1nnc(C)n1C)NC1CCCC1. The monoisotopic (exact) mass is 371 g/mol. The average Bonchev–Trinajstić information content (AvgIpc) is 3.36. The summed E-state index contributed by atoms with van der Waals surface area (Å²) in [6.07, 6.45) is 7.08. The lowest BCUT2D eigenvalue weighted by atomic mass is 10.1. The van der Waals surface area contributed by atoms with Crippen molar-refractivity contribution in [3.63, 3.8) is 0 Å². The lowest BCUT2D eigenvalue weighted by molar-refractivity contribution is 0.396. The number of aromatic nitrogens is 6. The van der Waals surface area contributed by atoms with Gasteiger partial charge in [0.25, 0.3) is 0 Å². The molecule has 1 fully saturated rings. The van der Waals surface area contributed by atoms with E-state index < -0.39 is 0 Å². The Hall–Kier alpha value is -2.45. The smallest absolute Gasteiger partial charge is 0.192 e. The summed E-state index contributed by atoms with van der Waals surface area (Å²) in [5.41, 5.74) is 0. The zero-order valence-corrected chi connectivity index (χ0v) is 16.4. The fourth-order valence-electron chi connectivity index (χ4n) is 3.91. The van der Waals surface area contributed by atoms with Gasteiger partial charge >= 0.3 is 0 Å². The molecule has 9 nitrogen and oxygen atoms in total. The number of aryl methyl sites for hydroxylation is 3. The van der Waals surface area contributed by atoms with E-state index in [1.165, 1.54) is 25.7 Å². The Balaban J connectivity index is 1.52. The largest absolute Gasteiger partial charge is 0.354 e. The van der Waals surface area contributed by atoms with E-state index in [-0.39, 0.29) is 6.04 Å². The van der Waals surface area contributed by atoms with Crippen LogP contribution >= 0.6 is 0 Å². The Kier molecular flexibility index (Phi) is 5.09. The van der Waals surface area contributed by atoms with Crippen molar-refractivity contribution in [3.05, 3.63) is 23.3 Å². The summed E-state index contributed by atoms with van der Waals surface area (Å²) in [7, 11) is 1.98. The Morgan fingerprint density at radius 1 is 1.11 bits per heavy atom. The first-order chi connectivity index (χ1) is 13.1. The minimum atomic E-state index is 0.133. The molecule has 1 saturated carbocycles. The molecule has 0 saturated heterocycles. The van der Waals surface area contributed by atoms with Crippen LogP contribution in [0.4, 0.5) is 0 Å². The molecule has 0 radical (unpaired) electrons. The van der Waals surface area contributed by atoms with E-state index >= 15 is 0 Å².